The molecule has 2 atom stereocenters. The molecule has 0 saturated carbocycles. The Labute approximate surface area is 133 Å². The minimum absolute atomic E-state index is 0.0983. The number of methoxy groups -OCH3 is 1. The summed E-state index contributed by atoms with van der Waals surface area (Å²) in [5, 5.41) is 1.54. The first-order valence-electron chi connectivity index (χ1n) is 7.27. The Morgan fingerprint density at radius 1 is 1.55 bits per heavy atom. The molecule has 0 N–H and O–H groups in total. The van der Waals surface area contributed by atoms with E-state index in [1.807, 2.05) is 10.8 Å². The maximum Gasteiger partial charge on any atom is 0.354 e. The van der Waals surface area contributed by atoms with E-state index in [4.69, 9.17) is 9.47 Å². The van der Waals surface area contributed by atoms with E-state index in [1.54, 1.807) is 12.3 Å². The van der Waals surface area contributed by atoms with E-state index in [0.29, 0.717) is 30.0 Å². The number of fused-ring (bicyclic) bond motifs is 1. The van der Waals surface area contributed by atoms with Gasteiger partial charge in [0.25, 0.3) is 0 Å². The average Bonchev–Trinajstić information content (AvgIpc) is 3.16. The quantitative estimate of drug-likeness (QED) is 0.490. The van der Waals surface area contributed by atoms with Crippen LogP contribution in [0.2, 0.25) is 0 Å². The van der Waals surface area contributed by atoms with Crippen LogP contribution in [0.1, 0.15) is 29.9 Å². The first-order chi connectivity index (χ1) is 10.7. The summed E-state index contributed by atoms with van der Waals surface area (Å²) >= 11 is 1.48. The molecular formula is C15H19N3O3S. The molecule has 0 bridgehead atoms. The van der Waals surface area contributed by atoms with E-state index in [0.717, 1.165) is 17.5 Å². The molecule has 3 heterocycles. The Morgan fingerprint density at radius 3 is 3.05 bits per heavy atom. The molecular weight excluding hydrogens is 302 g/mol. The first kappa shape index (κ1) is 15.3. The second-order valence-corrected chi connectivity index (χ2v) is 6.07. The van der Waals surface area contributed by atoms with Gasteiger partial charge in [-0.2, -0.15) is 0 Å². The molecule has 2 aromatic rings. The number of hydrogen-bond acceptors (Lipinski definition) is 6. The molecule has 3 rings (SSSR count). The van der Waals surface area contributed by atoms with E-state index < -0.39 is 0 Å². The van der Waals surface area contributed by atoms with Crippen molar-refractivity contribution in [1.82, 2.24) is 14.5 Å². The van der Waals surface area contributed by atoms with E-state index in [-0.39, 0.29) is 12.0 Å². The number of carbonyl (C=O) groups excluding carboxylic acids is 1. The third-order valence-electron chi connectivity index (χ3n) is 4.15. The van der Waals surface area contributed by atoms with Gasteiger partial charge in [0.1, 0.15) is 11.3 Å². The molecule has 2 aromatic heterocycles. The third kappa shape index (κ3) is 2.48. The van der Waals surface area contributed by atoms with Gasteiger partial charge in [0.05, 0.1) is 26.4 Å². The van der Waals surface area contributed by atoms with Crippen LogP contribution in [-0.2, 0) is 9.47 Å². The summed E-state index contributed by atoms with van der Waals surface area (Å²) in [6.07, 6.45) is 4.68. The van der Waals surface area contributed by atoms with E-state index in [2.05, 4.69) is 16.9 Å². The van der Waals surface area contributed by atoms with Gasteiger partial charge in [-0.1, -0.05) is 18.7 Å². The Kier molecular flexibility index (Phi) is 4.35. The summed E-state index contributed by atoms with van der Waals surface area (Å²) in [6, 6.07) is 1.90. The van der Waals surface area contributed by atoms with Crippen molar-refractivity contribution in [3.8, 4) is 0 Å². The SMILES string of the molecule is CCC1COCC1n1c(C(=O)OC)cc2cnc(SC)nc21. The second-order valence-electron chi connectivity index (χ2n) is 5.30. The molecule has 2 unspecified atom stereocenters. The fraction of sp³-hybridized carbons (Fsp3) is 0.533. The first-order valence-corrected chi connectivity index (χ1v) is 8.50. The largest absolute Gasteiger partial charge is 0.464 e. The lowest BCUT2D eigenvalue weighted by Crippen LogP contribution is -2.22. The van der Waals surface area contributed by atoms with Crippen molar-refractivity contribution in [2.24, 2.45) is 5.92 Å². The Hall–Kier alpha value is -1.60. The monoisotopic (exact) mass is 321 g/mol. The molecule has 0 amide bonds. The fourth-order valence-electron chi connectivity index (χ4n) is 2.95. The van der Waals surface area contributed by atoms with Crippen molar-refractivity contribution < 1.29 is 14.3 Å². The highest BCUT2D eigenvalue weighted by molar-refractivity contribution is 7.98. The minimum atomic E-state index is -0.356. The molecule has 7 heteroatoms. The van der Waals surface area contributed by atoms with Gasteiger partial charge in [0, 0.05) is 17.5 Å². The number of aromatic nitrogens is 3. The van der Waals surface area contributed by atoms with Crippen LogP contribution in [0.5, 0.6) is 0 Å². The molecule has 1 aliphatic rings. The van der Waals surface area contributed by atoms with Gasteiger partial charge in [-0.15, -0.1) is 0 Å². The van der Waals surface area contributed by atoms with Crippen LogP contribution in [0.3, 0.4) is 0 Å². The van der Waals surface area contributed by atoms with E-state index in [1.165, 1.54) is 18.9 Å². The smallest absolute Gasteiger partial charge is 0.354 e. The lowest BCUT2D eigenvalue weighted by Gasteiger charge is -2.20. The predicted octanol–water partition coefficient (Wildman–Crippen LogP) is 2.54. The predicted molar refractivity (Wildman–Crippen MR) is 84.3 cm³/mol. The highest BCUT2D eigenvalue weighted by atomic mass is 32.2. The van der Waals surface area contributed by atoms with Gasteiger partial charge in [-0.05, 0) is 18.7 Å². The van der Waals surface area contributed by atoms with Crippen molar-refractivity contribution in [3.05, 3.63) is 18.0 Å². The molecule has 118 valence electrons. The number of ether oxygens (including phenoxy) is 2. The zero-order valence-electron chi connectivity index (χ0n) is 12.9. The normalized spacial score (nSPS) is 21.4. The maximum atomic E-state index is 12.2. The fourth-order valence-corrected chi connectivity index (χ4v) is 3.29. The number of nitrogens with zero attached hydrogens (tertiary/aromatic N) is 3. The highest BCUT2D eigenvalue weighted by Crippen LogP contribution is 2.34. The zero-order valence-corrected chi connectivity index (χ0v) is 13.7. The van der Waals surface area contributed by atoms with Crippen molar-refractivity contribution in [2.45, 2.75) is 24.5 Å². The van der Waals surface area contributed by atoms with Crippen molar-refractivity contribution in [2.75, 3.05) is 26.6 Å². The Balaban J connectivity index is 2.20. The van der Waals surface area contributed by atoms with Crippen molar-refractivity contribution >= 4 is 28.8 Å². The number of thioether (sulfide) groups is 1. The molecule has 1 aliphatic heterocycles. The topological polar surface area (TPSA) is 66.2 Å². The highest BCUT2D eigenvalue weighted by Gasteiger charge is 2.33. The standard InChI is InChI=1S/C15H19N3O3S/c1-4-9-7-21-8-12(9)18-11(14(19)20-2)5-10-6-16-15(22-3)17-13(10)18/h5-6,9,12H,4,7-8H2,1-3H3. The molecule has 0 spiro atoms. The van der Waals surface area contributed by atoms with E-state index >= 15 is 0 Å². The van der Waals surface area contributed by atoms with Gasteiger partial charge < -0.3 is 14.0 Å². The van der Waals surface area contributed by atoms with Crippen LogP contribution in [0.25, 0.3) is 11.0 Å². The molecule has 22 heavy (non-hydrogen) atoms. The summed E-state index contributed by atoms with van der Waals surface area (Å²) in [4.78, 5) is 21.1. The second kappa shape index (κ2) is 6.26. The zero-order chi connectivity index (χ0) is 15.7. The van der Waals surface area contributed by atoms with Crippen LogP contribution in [-0.4, -0.2) is 47.1 Å². The van der Waals surface area contributed by atoms with Crippen LogP contribution in [0.15, 0.2) is 17.4 Å². The summed E-state index contributed by atoms with van der Waals surface area (Å²) in [5.74, 6) is 0.0113. The Morgan fingerprint density at radius 2 is 2.36 bits per heavy atom. The number of rotatable bonds is 4. The average molecular weight is 321 g/mol. The van der Waals surface area contributed by atoms with Gasteiger partial charge in [-0.3, -0.25) is 0 Å². The van der Waals surface area contributed by atoms with Crippen LogP contribution in [0.4, 0.5) is 0 Å². The lowest BCUT2D eigenvalue weighted by atomic mass is 10.0. The third-order valence-corrected chi connectivity index (χ3v) is 4.71. The molecule has 6 nitrogen and oxygen atoms in total. The number of esters is 1. The summed E-state index contributed by atoms with van der Waals surface area (Å²) in [5.41, 5.74) is 1.28. The minimum Gasteiger partial charge on any atom is -0.464 e. The van der Waals surface area contributed by atoms with Gasteiger partial charge in [0.15, 0.2) is 5.16 Å². The number of carbonyl (C=O) groups is 1. The van der Waals surface area contributed by atoms with Crippen LogP contribution >= 0.6 is 11.8 Å². The molecule has 0 aromatic carbocycles. The van der Waals surface area contributed by atoms with Crippen molar-refractivity contribution in [3.63, 3.8) is 0 Å². The molecule has 1 fully saturated rings. The summed E-state index contributed by atoms with van der Waals surface area (Å²) in [6.45, 7) is 3.44. The van der Waals surface area contributed by atoms with Crippen molar-refractivity contribution in [1.29, 1.82) is 0 Å². The maximum absolute atomic E-state index is 12.2. The van der Waals surface area contributed by atoms with Gasteiger partial charge in [-0.25, -0.2) is 14.8 Å². The van der Waals surface area contributed by atoms with Crippen LogP contribution < -0.4 is 0 Å². The lowest BCUT2D eigenvalue weighted by molar-refractivity contribution is 0.0585. The number of hydrogen-bond donors (Lipinski definition) is 0. The van der Waals surface area contributed by atoms with E-state index in [9.17, 15) is 4.79 Å². The summed E-state index contributed by atoms with van der Waals surface area (Å²) in [7, 11) is 1.39. The van der Waals surface area contributed by atoms with Gasteiger partial charge in [0.2, 0.25) is 0 Å². The Bertz CT molecular complexity index is 701. The molecule has 0 radical (unpaired) electrons. The summed E-state index contributed by atoms with van der Waals surface area (Å²) < 4.78 is 12.6. The molecule has 1 saturated heterocycles. The van der Waals surface area contributed by atoms with Gasteiger partial charge >= 0.3 is 5.97 Å². The molecule has 0 aliphatic carbocycles. The van der Waals surface area contributed by atoms with Crippen LogP contribution in [0, 0.1) is 5.92 Å².